The van der Waals surface area contributed by atoms with Crippen molar-refractivity contribution in [3.63, 3.8) is 0 Å². The van der Waals surface area contributed by atoms with Crippen LogP contribution in [0.25, 0.3) is 0 Å². The monoisotopic (exact) mass is 428 g/mol. The van der Waals surface area contributed by atoms with Gasteiger partial charge in [-0.25, -0.2) is 0 Å². The zero-order chi connectivity index (χ0) is 23.5. The molecular weight excluding hydrogens is 392 g/mol. The van der Waals surface area contributed by atoms with Crippen molar-refractivity contribution in [1.82, 2.24) is 0 Å². The molecule has 0 bridgehead atoms. The van der Waals surface area contributed by atoms with E-state index in [-0.39, 0.29) is 28.7 Å². The summed E-state index contributed by atoms with van der Waals surface area (Å²) in [7, 11) is 0. The zero-order valence-electron chi connectivity index (χ0n) is 20.1. The van der Waals surface area contributed by atoms with E-state index in [1.54, 1.807) is 6.21 Å². The lowest BCUT2D eigenvalue weighted by molar-refractivity contribution is 0.443. The molecule has 0 saturated heterocycles. The summed E-state index contributed by atoms with van der Waals surface area (Å²) in [6.45, 7) is 12.9. The zero-order valence-corrected chi connectivity index (χ0v) is 20.1. The van der Waals surface area contributed by atoms with Crippen LogP contribution in [0.2, 0.25) is 0 Å². The molecule has 0 spiro atoms. The number of aliphatic imine (C=N–C) groups is 1. The number of rotatable bonds is 5. The van der Waals surface area contributed by atoms with Crippen LogP contribution in [0.15, 0.2) is 77.8 Å². The minimum Gasteiger partial charge on any atom is -0.507 e. The third kappa shape index (κ3) is 5.46. The average molecular weight is 429 g/mol. The molecule has 32 heavy (non-hydrogen) atoms. The molecule has 0 aromatic heterocycles. The van der Waals surface area contributed by atoms with E-state index in [0.717, 1.165) is 22.3 Å². The van der Waals surface area contributed by atoms with Crippen molar-refractivity contribution < 1.29 is 5.11 Å². The highest BCUT2D eigenvalue weighted by Crippen LogP contribution is 2.38. The van der Waals surface area contributed by atoms with Crippen molar-refractivity contribution in [1.29, 1.82) is 0 Å². The normalized spacial score (nSPS) is 14.5. The summed E-state index contributed by atoms with van der Waals surface area (Å²) in [5.41, 5.74) is 11.4. The summed E-state index contributed by atoms with van der Waals surface area (Å²) in [4.78, 5) is 4.94. The van der Waals surface area contributed by atoms with Gasteiger partial charge < -0.3 is 10.8 Å². The van der Waals surface area contributed by atoms with Crippen LogP contribution in [0.1, 0.15) is 81.4 Å². The average Bonchev–Trinajstić information content (AvgIpc) is 2.74. The molecule has 0 aliphatic rings. The van der Waals surface area contributed by atoms with Crippen LogP contribution in [0.3, 0.4) is 0 Å². The summed E-state index contributed by atoms with van der Waals surface area (Å²) in [5, 5.41) is 11.1. The van der Waals surface area contributed by atoms with Gasteiger partial charge in [0.15, 0.2) is 0 Å². The summed E-state index contributed by atoms with van der Waals surface area (Å²) in [5.74, 6) is 0.286. The van der Waals surface area contributed by atoms with Gasteiger partial charge in [-0.1, -0.05) is 108 Å². The highest BCUT2D eigenvalue weighted by molar-refractivity contribution is 5.85. The Hall–Kier alpha value is -2.91. The number of phenols is 1. The second-order valence-electron chi connectivity index (χ2n) is 10.5. The molecule has 3 rings (SSSR count). The molecule has 0 aliphatic heterocycles. The van der Waals surface area contributed by atoms with Crippen molar-refractivity contribution in [3.05, 3.63) is 101 Å². The van der Waals surface area contributed by atoms with Crippen molar-refractivity contribution in [2.75, 3.05) is 0 Å². The first kappa shape index (κ1) is 23.7. The Morgan fingerprint density at radius 1 is 0.781 bits per heavy atom. The minimum atomic E-state index is -0.301. The van der Waals surface area contributed by atoms with Crippen molar-refractivity contribution in [2.45, 2.75) is 64.5 Å². The van der Waals surface area contributed by atoms with Gasteiger partial charge in [0.2, 0.25) is 0 Å². The summed E-state index contributed by atoms with van der Waals surface area (Å²) >= 11 is 0. The molecule has 0 unspecified atom stereocenters. The van der Waals surface area contributed by atoms with E-state index in [4.69, 9.17) is 10.7 Å². The molecule has 168 valence electrons. The molecule has 2 atom stereocenters. The molecule has 0 fully saturated rings. The molecule has 0 heterocycles. The minimum absolute atomic E-state index is 0.0461. The fourth-order valence-electron chi connectivity index (χ4n) is 3.81. The van der Waals surface area contributed by atoms with Crippen LogP contribution in [-0.4, -0.2) is 11.3 Å². The molecule has 0 aliphatic carbocycles. The Bertz CT molecular complexity index is 1060. The lowest BCUT2D eigenvalue weighted by Gasteiger charge is -2.27. The van der Waals surface area contributed by atoms with Crippen molar-refractivity contribution in [3.8, 4) is 5.75 Å². The third-order valence-corrected chi connectivity index (χ3v) is 5.85. The fourth-order valence-corrected chi connectivity index (χ4v) is 3.81. The Morgan fingerprint density at radius 2 is 1.31 bits per heavy atom. The molecule has 3 aromatic carbocycles. The maximum Gasteiger partial charge on any atom is 0.128 e. The summed E-state index contributed by atoms with van der Waals surface area (Å²) in [6, 6.07) is 23.7. The van der Waals surface area contributed by atoms with E-state index in [0.29, 0.717) is 0 Å². The molecule has 3 aromatic rings. The first-order valence-electron chi connectivity index (χ1n) is 11.2. The maximum absolute atomic E-state index is 11.1. The van der Waals surface area contributed by atoms with E-state index in [1.165, 1.54) is 5.56 Å². The van der Waals surface area contributed by atoms with Gasteiger partial charge in [-0.15, -0.1) is 0 Å². The quantitative estimate of drug-likeness (QED) is 0.437. The number of hydrogen-bond acceptors (Lipinski definition) is 3. The number of nitrogens with zero attached hydrogens (tertiary/aromatic N) is 1. The van der Waals surface area contributed by atoms with Crippen LogP contribution in [0.4, 0.5) is 0 Å². The van der Waals surface area contributed by atoms with Crippen molar-refractivity contribution >= 4 is 6.21 Å². The van der Waals surface area contributed by atoms with Gasteiger partial charge in [-0.3, -0.25) is 4.99 Å². The Labute approximate surface area is 193 Å². The van der Waals surface area contributed by atoms with Crippen LogP contribution in [-0.2, 0) is 10.8 Å². The molecule has 3 nitrogen and oxygen atoms in total. The van der Waals surface area contributed by atoms with Gasteiger partial charge in [-0.05, 0) is 33.6 Å². The first-order valence-corrected chi connectivity index (χ1v) is 11.2. The second kappa shape index (κ2) is 9.30. The second-order valence-corrected chi connectivity index (χ2v) is 10.5. The standard InChI is InChI=1S/C29H36N2O/c1-28(2,3)23-17-22(27(32)24(18-23)29(4,5)6)19-31-26(21-15-11-8-12-16-21)25(30)20-13-9-7-10-14-20/h7-19,25-26,32H,30H2,1-6H3/t25-,26-/m1/s1. The SMILES string of the molecule is CC(C)(C)c1cc(C=N[C@H](c2ccccc2)[C@H](N)c2ccccc2)c(O)c(C(C)(C)C)c1. The highest BCUT2D eigenvalue weighted by atomic mass is 16.3. The largest absolute Gasteiger partial charge is 0.507 e. The van der Waals surface area contributed by atoms with Crippen LogP contribution in [0.5, 0.6) is 5.75 Å². The Morgan fingerprint density at radius 3 is 1.81 bits per heavy atom. The maximum atomic E-state index is 11.1. The van der Waals surface area contributed by atoms with Gasteiger partial charge in [-0.2, -0.15) is 0 Å². The smallest absolute Gasteiger partial charge is 0.128 e. The van der Waals surface area contributed by atoms with Gasteiger partial charge in [0.25, 0.3) is 0 Å². The number of hydrogen-bond donors (Lipinski definition) is 2. The van der Waals surface area contributed by atoms with Crippen LogP contribution < -0.4 is 5.73 Å². The predicted molar refractivity (Wildman–Crippen MR) is 136 cm³/mol. The van der Waals surface area contributed by atoms with E-state index < -0.39 is 0 Å². The summed E-state index contributed by atoms with van der Waals surface area (Å²) in [6.07, 6.45) is 1.79. The molecule has 3 heteroatoms. The number of aromatic hydroxyl groups is 1. The van der Waals surface area contributed by atoms with Gasteiger partial charge in [0.05, 0.1) is 12.1 Å². The lowest BCUT2D eigenvalue weighted by Crippen LogP contribution is -2.19. The van der Waals surface area contributed by atoms with Gasteiger partial charge in [0.1, 0.15) is 5.75 Å². The molecular formula is C29H36N2O. The van der Waals surface area contributed by atoms with Crippen molar-refractivity contribution in [2.24, 2.45) is 10.7 Å². The third-order valence-electron chi connectivity index (χ3n) is 5.85. The number of benzene rings is 3. The Kier molecular flexibility index (Phi) is 6.90. The molecule has 0 amide bonds. The molecule has 3 N–H and O–H groups in total. The van der Waals surface area contributed by atoms with Gasteiger partial charge >= 0.3 is 0 Å². The molecule has 0 radical (unpaired) electrons. The summed E-state index contributed by atoms with van der Waals surface area (Å²) < 4.78 is 0. The highest BCUT2D eigenvalue weighted by Gasteiger charge is 2.25. The Balaban J connectivity index is 2.10. The van der Waals surface area contributed by atoms with E-state index in [1.807, 2.05) is 54.6 Å². The first-order chi connectivity index (χ1) is 15.0. The molecule has 0 saturated carbocycles. The van der Waals surface area contributed by atoms with Crippen LogP contribution in [0, 0.1) is 0 Å². The van der Waals surface area contributed by atoms with Crippen LogP contribution >= 0.6 is 0 Å². The fraction of sp³-hybridized carbons (Fsp3) is 0.345. The number of phenolic OH excluding ortho intramolecular Hbond substituents is 1. The predicted octanol–water partition coefficient (Wildman–Crippen LogP) is 6.85. The van der Waals surface area contributed by atoms with Gasteiger partial charge in [0, 0.05) is 17.3 Å². The van der Waals surface area contributed by atoms with E-state index >= 15 is 0 Å². The lowest BCUT2D eigenvalue weighted by atomic mass is 9.79. The van der Waals surface area contributed by atoms with E-state index in [9.17, 15) is 5.11 Å². The number of nitrogens with two attached hydrogens (primary N) is 1. The topological polar surface area (TPSA) is 58.6 Å². The van der Waals surface area contributed by atoms with E-state index in [2.05, 4.69) is 59.7 Å².